The van der Waals surface area contributed by atoms with Crippen LogP contribution in [0.1, 0.15) is 30.1 Å². The molecule has 6 heteroatoms. The fraction of sp³-hybridized carbons (Fsp3) is 0.357. The summed E-state index contributed by atoms with van der Waals surface area (Å²) in [6.45, 7) is 6.22. The SMILES string of the molecule is CCc1nn(-c2ncnc3sc(C)cc23)c(CC)c1N. The van der Waals surface area contributed by atoms with E-state index in [0.29, 0.717) is 0 Å². The highest BCUT2D eigenvalue weighted by atomic mass is 32.1. The maximum absolute atomic E-state index is 6.19. The first kappa shape index (κ1) is 13.1. The molecule has 3 aromatic heterocycles. The molecule has 3 heterocycles. The highest BCUT2D eigenvalue weighted by Gasteiger charge is 2.17. The van der Waals surface area contributed by atoms with Crippen LogP contribution in [0, 0.1) is 6.92 Å². The monoisotopic (exact) mass is 287 g/mol. The van der Waals surface area contributed by atoms with Crippen LogP contribution in [0.15, 0.2) is 12.4 Å². The molecule has 3 rings (SSSR count). The van der Waals surface area contributed by atoms with Gasteiger partial charge in [-0.1, -0.05) is 13.8 Å². The second-order valence-electron chi connectivity index (χ2n) is 4.70. The van der Waals surface area contributed by atoms with Crippen molar-refractivity contribution >= 4 is 27.2 Å². The largest absolute Gasteiger partial charge is 0.396 e. The van der Waals surface area contributed by atoms with E-state index in [4.69, 9.17) is 5.73 Å². The fourth-order valence-electron chi connectivity index (χ4n) is 2.42. The van der Waals surface area contributed by atoms with Crippen molar-refractivity contribution in [1.82, 2.24) is 19.7 Å². The minimum Gasteiger partial charge on any atom is -0.396 e. The Morgan fingerprint density at radius 3 is 2.75 bits per heavy atom. The maximum atomic E-state index is 6.19. The Kier molecular flexibility index (Phi) is 3.17. The number of hydrogen-bond donors (Lipinski definition) is 1. The molecule has 3 aromatic rings. The number of thiophene rings is 1. The van der Waals surface area contributed by atoms with Crippen LogP contribution < -0.4 is 5.73 Å². The highest BCUT2D eigenvalue weighted by Crippen LogP contribution is 2.29. The second-order valence-corrected chi connectivity index (χ2v) is 5.93. The zero-order valence-corrected chi connectivity index (χ0v) is 12.7. The third-order valence-electron chi connectivity index (χ3n) is 3.40. The summed E-state index contributed by atoms with van der Waals surface area (Å²) < 4.78 is 1.88. The fourth-order valence-corrected chi connectivity index (χ4v) is 3.27. The lowest BCUT2D eigenvalue weighted by molar-refractivity contribution is 0.776. The van der Waals surface area contributed by atoms with Crippen LogP contribution in [-0.4, -0.2) is 19.7 Å². The smallest absolute Gasteiger partial charge is 0.165 e. The van der Waals surface area contributed by atoms with Crippen LogP contribution in [0.3, 0.4) is 0 Å². The molecule has 20 heavy (non-hydrogen) atoms. The standard InChI is InChI=1S/C14H17N5S/c1-4-10-12(15)11(5-2)19(18-10)13-9-6-8(3)20-14(9)17-7-16-13/h6-7H,4-5,15H2,1-3H3. The Morgan fingerprint density at radius 1 is 1.25 bits per heavy atom. The molecule has 0 aliphatic carbocycles. The third-order valence-corrected chi connectivity index (χ3v) is 4.36. The van der Waals surface area contributed by atoms with Crippen LogP contribution in [-0.2, 0) is 12.8 Å². The van der Waals surface area contributed by atoms with Crippen molar-refractivity contribution in [3.63, 3.8) is 0 Å². The van der Waals surface area contributed by atoms with Gasteiger partial charge in [0.1, 0.15) is 11.2 Å². The van der Waals surface area contributed by atoms with Gasteiger partial charge >= 0.3 is 0 Å². The van der Waals surface area contributed by atoms with Crippen molar-refractivity contribution < 1.29 is 0 Å². The summed E-state index contributed by atoms with van der Waals surface area (Å²) in [6, 6.07) is 2.11. The Hall–Kier alpha value is -1.95. The van der Waals surface area contributed by atoms with Crippen molar-refractivity contribution in [2.24, 2.45) is 0 Å². The number of rotatable bonds is 3. The average Bonchev–Trinajstić information content (AvgIpc) is 2.97. The normalized spacial score (nSPS) is 11.3. The molecule has 2 N–H and O–H groups in total. The lowest BCUT2D eigenvalue weighted by Gasteiger charge is -2.06. The number of aryl methyl sites for hydroxylation is 2. The van der Waals surface area contributed by atoms with Crippen molar-refractivity contribution in [2.75, 3.05) is 5.73 Å². The Morgan fingerprint density at radius 2 is 2.05 bits per heavy atom. The molecule has 0 atom stereocenters. The predicted molar refractivity (Wildman–Crippen MR) is 82.4 cm³/mol. The molecule has 0 aromatic carbocycles. The molecule has 0 radical (unpaired) electrons. The van der Waals surface area contributed by atoms with Crippen molar-refractivity contribution in [1.29, 1.82) is 0 Å². The van der Waals surface area contributed by atoms with E-state index in [0.717, 1.165) is 46.0 Å². The molecule has 0 bridgehead atoms. The summed E-state index contributed by atoms with van der Waals surface area (Å²) in [5.74, 6) is 0.822. The molecular weight excluding hydrogens is 270 g/mol. The molecule has 0 unspecified atom stereocenters. The molecule has 104 valence electrons. The van der Waals surface area contributed by atoms with E-state index in [1.165, 1.54) is 4.88 Å². The first-order valence-electron chi connectivity index (χ1n) is 6.73. The van der Waals surface area contributed by atoms with E-state index in [1.807, 2.05) is 4.68 Å². The first-order chi connectivity index (χ1) is 9.65. The zero-order valence-electron chi connectivity index (χ0n) is 11.8. The number of anilines is 1. The summed E-state index contributed by atoms with van der Waals surface area (Å²) in [4.78, 5) is 11.0. The number of fused-ring (bicyclic) bond motifs is 1. The van der Waals surface area contributed by atoms with Crippen molar-refractivity contribution in [3.05, 3.63) is 28.7 Å². The van der Waals surface area contributed by atoms with Gasteiger partial charge in [0.25, 0.3) is 0 Å². The molecular formula is C14H17N5S. The number of hydrogen-bond acceptors (Lipinski definition) is 5. The van der Waals surface area contributed by atoms with Gasteiger partial charge in [0.2, 0.25) is 0 Å². The highest BCUT2D eigenvalue weighted by molar-refractivity contribution is 7.18. The van der Waals surface area contributed by atoms with E-state index in [9.17, 15) is 0 Å². The van der Waals surface area contributed by atoms with Gasteiger partial charge in [-0.05, 0) is 25.8 Å². The molecule has 0 fully saturated rings. The van der Waals surface area contributed by atoms with Gasteiger partial charge in [0.05, 0.1) is 22.5 Å². The molecule has 0 saturated carbocycles. The molecule has 0 spiro atoms. The van der Waals surface area contributed by atoms with E-state index in [-0.39, 0.29) is 0 Å². The minimum atomic E-state index is 0.786. The molecule has 0 aliphatic heterocycles. The maximum Gasteiger partial charge on any atom is 0.165 e. The van der Waals surface area contributed by atoms with Crippen LogP contribution in [0.4, 0.5) is 5.69 Å². The van der Waals surface area contributed by atoms with Crippen molar-refractivity contribution in [3.8, 4) is 5.82 Å². The lowest BCUT2D eigenvalue weighted by atomic mass is 10.2. The Balaban J connectivity index is 2.30. The number of aromatic nitrogens is 4. The summed E-state index contributed by atoms with van der Waals surface area (Å²) in [7, 11) is 0. The molecule has 0 amide bonds. The van der Waals surface area contributed by atoms with Gasteiger partial charge in [-0.2, -0.15) is 5.10 Å². The summed E-state index contributed by atoms with van der Waals surface area (Å²) in [5, 5.41) is 5.67. The Labute approximate surface area is 121 Å². The van der Waals surface area contributed by atoms with Gasteiger partial charge in [0.15, 0.2) is 5.82 Å². The third kappa shape index (κ3) is 1.87. The Bertz CT molecular complexity index is 771. The van der Waals surface area contributed by atoms with E-state index in [1.54, 1.807) is 17.7 Å². The molecule has 0 aliphatic rings. The zero-order chi connectivity index (χ0) is 14.3. The summed E-state index contributed by atoms with van der Waals surface area (Å²) >= 11 is 1.67. The van der Waals surface area contributed by atoms with Gasteiger partial charge in [-0.3, -0.25) is 0 Å². The molecule has 0 saturated heterocycles. The summed E-state index contributed by atoms with van der Waals surface area (Å²) in [6.07, 6.45) is 3.24. The van der Waals surface area contributed by atoms with Crippen molar-refractivity contribution in [2.45, 2.75) is 33.6 Å². The molecule has 5 nitrogen and oxygen atoms in total. The summed E-state index contributed by atoms with van der Waals surface area (Å²) in [5.41, 5.74) is 8.92. The van der Waals surface area contributed by atoms with Gasteiger partial charge in [-0.25, -0.2) is 14.6 Å². The van der Waals surface area contributed by atoms with E-state index < -0.39 is 0 Å². The van der Waals surface area contributed by atoms with E-state index in [2.05, 4.69) is 41.9 Å². The predicted octanol–water partition coefficient (Wildman–Crippen LogP) is 2.89. The van der Waals surface area contributed by atoms with Crippen LogP contribution in [0.5, 0.6) is 0 Å². The van der Waals surface area contributed by atoms with Crippen LogP contribution >= 0.6 is 11.3 Å². The van der Waals surface area contributed by atoms with Crippen LogP contribution in [0.2, 0.25) is 0 Å². The lowest BCUT2D eigenvalue weighted by Crippen LogP contribution is -2.05. The van der Waals surface area contributed by atoms with Crippen LogP contribution in [0.25, 0.3) is 16.0 Å². The first-order valence-corrected chi connectivity index (χ1v) is 7.55. The minimum absolute atomic E-state index is 0.786. The van der Waals surface area contributed by atoms with E-state index >= 15 is 0 Å². The second kappa shape index (κ2) is 4.86. The number of nitrogens with zero attached hydrogens (tertiary/aromatic N) is 4. The van der Waals surface area contributed by atoms with Gasteiger partial charge in [0, 0.05) is 4.88 Å². The quantitative estimate of drug-likeness (QED) is 0.804. The van der Waals surface area contributed by atoms with Gasteiger partial charge in [-0.15, -0.1) is 11.3 Å². The van der Waals surface area contributed by atoms with Gasteiger partial charge < -0.3 is 5.73 Å². The average molecular weight is 287 g/mol. The topological polar surface area (TPSA) is 69.6 Å². The number of nitrogen functional groups attached to an aromatic ring is 1. The number of nitrogens with two attached hydrogens (primary N) is 1.